The molecule has 1 aromatic rings. The molecular formula is C15H21N. The molecule has 0 bridgehead atoms. The molecule has 1 N–H and O–H groups in total. The average Bonchev–Trinajstić information content (AvgIpc) is 2.73. The highest BCUT2D eigenvalue weighted by molar-refractivity contribution is 5.58. The lowest BCUT2D eigenvalue weighted by Gasteiger charge is -2.27. The van der Waals surface area contributed by atoms with Crippen LogP contribution in [0, 0.1) is 12.8 Å². The summed E-state index contributed by atoms with van der Waals surface area (Å²) in [7, 11) is 0. The van der Waals surface area contributed by atoms with Gasteiger partial charge in [0.05, 0.1) is 0 Å². The molecule has 2 aliphatic rings. The van der Waals surface area contributed by atoms with E-state index in [1.807, 2.05) is 0 Å². The summed E-state index contributed by atoms with van der Waals surface area (Å²) in [5, 5.41) is 3.73. The van der Waals surface area contributed by atoms with E-state index in [1.165, 1.54) is 55.3 Å². The average molecular weight is 215 g/mol. The Hall–Kier alpha value is -0.980. The number of hydrogen-bond donors (Lipinski definition) is 1. The molecule has 1 heteroatoms. The minimum atomic E-state index is 0.720. The monoisotopic (exact) mass is 215 g/mol. The fraction of sp³-hybridized carbons (Fsp3) is 0.600. The second-order valence-electron chi connectivity index (χ2n) is 5.51. The molecule has 0 radical (unpaired) electrons. The van der Waals surface area contributed by atoms with Gasteiger partial charge in [-0.1, -0.05) is 37.0 Å². The van der Waals surface area contributed by atoms with Crippen molar-refractivity contribution in [2.75, 3.05) is 5.32 Å². The fourth-order valence-electron chi connectivity index (χ4n) is 3.34. The molecule has 1 aliphatic heterocycles. The van der Waals surface area contributed by atoms with Crippen LogP contribution in [0.2, 0.25) is 0 Å². The normalized spacial score (nSPS) is 25.2. The first kappa shape index (κ1) is 10.2. The van der Waals surface area contributed by atoms with Gasteiger partial charge in [-0.05, 0) is 43.7 Å². The molecule has 0 saturated heterocycles. The maximum atomic E-state index is 3.73. The number of benzene rings is 1. The van der Waals surface area contributed by atoms with E-state index in [0.29, 0.717) is 0 Å². The Balaban J connectivity index is 1.74. The highest BCUT2D eigenvalue weighted by Gasteiger charge is 2.28. The van der Waals surface area contributed by atoms with Crippen molar-refractivity contribution >= 4 is 5.69 Å². The maximum Gasteiger partial charge on any atom is 0.0376 e. The number of fused-ring (bicyclic) bond motifs is 1. The Kier molecular flexibility index (Phi) is 2.62. The van der Waals surface area contributed by atoms with Crippen LogP contribution in [0.4, 0.5) is 5.69 Å². The molecule has 1 aromatic carbocycles. The Labute approximate surface area is 98.3 Å². The molecule has 1 atom stereocenters. The standard InChI is InChI=1S/C15H21N/c1-11-7-8-14-13(9-11)10-15(16-14)12-5-3-2-4-6-12/h7-9,12,15-16H,2-6,10H2,1H3. The van der Waals surface area contributed by atoms with Gasteiger partial charge >= 0.3 is 0 Å². The summed E-state index contributed by atoms with van der Waals surface area (Å²) < 4.78 is 0. The lowest BCUT2D eigenvalue weighted by atomic mass is 9.83. The molecule has 1 aliphatic carbocycles. The van der Waals surface area contributed by atoms with Crippen molar-refractivity contribution in [1.82, 2.24) is 0 Å². The van der Waals surface area contributed by atoms with Crippen molar-refractivity contribution in [3.8, 4) is 0 Å². The molecule has 1 nitrogen and oxygen atoms in total. The zero-order chi connectivity index (χ0) is 11.0. The van der Waals surface area contributed by atoms with E-state index in [9.17, 15) is 0 Å². The van der Waals surface area contributed by atoms with Crippen LogP contribution in [0.25, 0.3) is 0 Å². The van der Waals surface area contributed by atoms with Gasteiger partial charge in [-0.15, -0.1) is 0 Å². The zero-order valence-electron chi connectivity index (χ0n) is 10.1. The van der Waals surface area contributed by atoms with Crippen LogP contribution < -0.4 is 5.32 Å². The molecule has 1 heterocycles. The van der Waals surface area contributed by atoms with Crippen molar-refractivity contribution < 1.29 is 0 Å². The van der Waals surface area contributed by atoms with Gasteiger partial charge in [0.25, 0.3) is 0 Å². The first-order valence-corrected chi connectivity index (χ1v) is 6.69. The zero-order valence-corrected chi connectivity index (χ0v) is 10.1. The summed E-state index contributed by atoms with van der Waals surface area (Å²) in [6, 6.07) is 7.55. The molecule has 1 saturated carbocycles. The first-order chi connectivity index (χ1) is 7.83. The second-order valence-corrected chi connectivity index (χ2v) is 5.51. The third-order valence-electron chi connectivity index (χ3n) is 4.26. The lowest BCUT2D eigenvalue weighted by molar-refractivity contribution is 0.321. The van der Waals surface area contributed by atoms with Crippen LogP contribution in [0.1, 0.15) is 43.2 Å². The van der Waals surface area contributed by atoms with Gasteiger partial charge in [0.2, 0.25) is 0 Å². The van der Waals surface area contributed by atoms with E-state index in [0.717, 1.165) is 12.0 Å². The summed E-state index contributed by atoms with van der Waals surface area (Å²) >= 11 is 0. The topological polar surface area (TPSA) is 12.0 Å². The molecule has 0 amide bonds. The molecular weight excluding hydrogens is 194 g/mol. The van der Waals surface area contributed by atoms with Gasteiger partial charge in [-0.3, -0.25) is 0 Å². The molecule has 86 valence electrons. The van der Waals surface area contributed by atoms with Gasteiger partial charge in [-0.25, -0.2) is 0 Å². The maximum absolute atomic E-state index is 3.73. The Morgan fingerprint density at radius 3 is 2.75 bits per heavy atom. The SMILES string of the molecule is Cc1ccc2c(c1)CC(C1CCCCC1)N2. The lowest BCUT2D eigenvalue weighted by Crippen LogP contribution is -2.28. The van der Waals surface area contributed by atoms with E-state index in [4.69, 9.17) is 0 Å². The minimum absolute atomic E-state index is 0.720. The molecule has 0 aromatic heterocycles. The molecule has 3 rings (SSSR count). The summed E-state index contributed by atoms with van der Waals surface area (Å²) in [6.45, 7) is 2.19. The third kappa shape index (κ3) is 1.83. The predicted octanol–water partition coefficient (Wildman–Crippen LogP) is 3.91. The van der Waals surface area contributed by atoms with Gasteiger partial charge < -0.3 is 5.32 Å². The van der Waals surface area contributed by atoms with Crippen LogP contribution in [0.15, 0.2) is 18.2 Å². The number of nitrogens with one attached hydrogen (secondary N) is 1. The number of hydrogen-bond acceptors (Lipinski definition) is 1. The van der Waals surface area contributed by atoms with Crippen molar-refractivity contribution in [3.05, 3.63) is 29.3 Å². The predicted molar refractivity (Wildman–Crippen MR) is 68.9 cm³/mol. The summed E-state index contributed by atoms with van der Waals surface area (Å²) in [6.07, 6.45) is 8.46. The quantitative estimate of drug-likeness (QED) is 0.749. The summed E-state index contributed by atoms with van der Waals surface area (Å²) in [5.41, 5.74) is 4.32. The smallest absolute Gasteiger partial charge is 0.0376 e. The van der Waals surface area contributed by atoms with Crippen molar-refractivity contribution in [2.45, 2.75) is 51.5 Å². The largest absolute Gasteiger partial charge is 0.381 e. The number of rotatable bonds is 1. The Bertz CT molecular complexity index is 377. The second kappa shape index (κ2) is 4.12. The van der Waals surface area contributed by atoms with Crippen molar-refractivity contribution in [2.24, 2.45) is 5.92 Å². The highest BCUT2D eigenvalue weighted by Crippen LogP contribution is 2.35. The number of aryl methyl sites for hydroxylation is 1. The molecule has 1 unspecified atom stereocenters. The van der Waals surface area contributed by atoms with Gasteiger partial charge in [0.1, 0.15) is 0 Å². The number of anilines is 1. The van der Waals surface area contributed by atoms with Crippen LogP contribution >= 0.6 is 0 Å². The summed E-state index contributed by atoms with van der Waals surface area (Å²) in [4.78, 5) is 0. The van der Waals surface area contributed by atoms with E-state index in [-0.39, 0.29) is 0 Å². The van der Waals surface area contributed by atoms with Gasteiger partial charge in [0.15, 0.2) is 0 Å². The van der Waals surface area contributed by atoms with Gasteiger partial charge in [0, 0.05) is 11.7 Å². The minimum Gasteiger partial charge on any atom is -0.381 e. The van der Waals surface area contributed by atoms with E-state index in [2.05, 4.69) is 30.4 Å². The van der Waals surface area contributed by atoms with E-state index >= 15 is 0 Å². The van der Waals surface area contributed by atoms with Crippen LogP contribution in [0.3, 0.4) is 0 Å². The fourth-order valence-corrected chi connectivity index (χ4v) is 3.34. The van der Waals surface area contributed by atoms with Crippen molar-refractivity contribution in [1.29, 1.82) is 0 Å². The van der Waals surface area contributed by atoms with Gasteiger partial charge in [-0.2, -0.15) is 0 Å². The highest BCUT2D eigenvalue weighted by atomic mass is 15.0. The van der Waals surface area contributed by atoms with E-state index in [1.54, 1.807) is 0 Å². The third-order valence-corrected chi connectivity index (χ3v) is 4.26. The van der Waals surface area contributed by atoms with Crippen LogP contribution in [-0.4, -0.2) is 6.04 Å². The van der Waals surface area contributed by atoms with Crippen molar-refractivity contribution in [3.63, 3.8) is 0 Å². The summed E-state index contributed by atoms with van der Waals surface area (Å²) in [5.74, 6) is 0.918. The molecule has 16 heavy (non-hydrogen) atoms. The van der Waals surface area contributed by atoms with Crippen LogP contribution in [-0.2, 0) is 6.42 Å². The molecule has 0 spiro atoms. The Morgan fingerprint density at radius 1 is 1.12 bits per heavy atom. The van der Waals surface area contributed by atoms with E-state index < -0.39 is 0 Å². The Morgan fingerprint density at radius 2 is 1.94 bits per heavy atom. The molecule has 1 fully saturated rings. The van der Waals surface area contributed by atoms with Crippen LogP contribution in [0.5, 0.6) is 0 Å². The first-order valence-electron chi connectivity index (χ1n) is 6.69.